The zero-order valence-electron chi connectivity index (χ0n) is 17.2. The van der Waals surface area contributed by atoms with Crippen LogP contribution in [-0.4, -0.2) is 23.0 Å². The number of rotatable bonds is 6. The van der Waals surface area contributed by atoms with Crippen LogP contribution in [0.15, 0.2) is 79.2 Å². The molecule has 0 atom stereocenters. The Morgan fingerprint density at radius 1 is 1.09 bits per heavy atom. The van der Waals surface area contributed by atoms with Gasteiger partial charge in [0.25, 0.3) is 5.56 Å². The van der Waals surface area contributed by atoms with Crippen molar-refractivity contribution < 1.29 is 17.6 Å². The second-order valence-electron chi connectivity index (χ2n) is 7.15. The van der Waals surface area contributed by atoms with Crippen LogP contribution < -0.4 is 20.0 Å². The highest BCUT2D eigenvalue weighted by Crippen LogP contribution is 2.24. The molecule has 0 bridgehead atoms. The summed E-state index contributed by atoms with van der Waals surface area (Å²) in [6, 6.07) is 16.8. The van der Waals surface area contributed by atoms with E-state index in [1.807, 2.05) is 24.3 Å². The first kappa shape index (κ1) is 22.5. The fourth-order valence-electron chi connectivity index (χ4n) is 3.14. The molecular formula is C22H15BrN4O5S2. The highest BCUT2D eigenvalue weighted by atomic mass is 79.9. The van der Waals surface area contributed by atoms with Gasteiger partial charge >= 0.3 is 0 Å². The topological polar surface area (TPSA) is 130 Å². The largest absolute Gasteiger partial charge is 0.486 e. The summed E-state index contributed by atoms with van der Waals surface area (Å²) in [6.45, 7) is 0.139. The number of fused-ring (bicyclic) bond motifs is 1. The van der Waals surface area contributed by atoms with E-state index in [0.29, 0.717) is 38.2 Å². The number of halogens is 1. The molecule has 0 aliphatic heterocycles. The van der Waals surface area contributed by atoms with E-state index >= 15 is 0 Å². The number of furan rings is 1. The van der Waals surface area contributed by atoms with Gasteiger partial charge in [-0.25, -0.2) is 13.6 Å². The minimum atomic E-state index is -3.77. The number of nitrogens with two attached hydrogens (primary N) is 1. The lowest BCUT2D eigenvalue weighted by molar-refractivity contribution is 0.296. The number of hydrogen-bond donors (Lipinski definition) is 1. The van der Waals surface area contributed by atoms with Gasteiger partial charge in [0.1, 0.15) is 28.4 Å². The van der Waals surface area contributed by atoms with Gasteiger partial charge in [-0.1, -0.05) is 27.3 Å². The number of aromatic nitrogens is 3. The maximum Gasteiger partial charge on any atom is 0.291 e. The van der Waals surface area contributed by atoms with Gasteiger partial charge in [-0.05, 0) is 60.7 Å². The number of thiazole rings is 1. The van der Waals surface area contributed by atoms with E-state index in [1.165, 1.54) is 28.0 Å². The number of benzene rings is 2. The number of ether oxygens (including phenoxy) is 1. The first-order chi connectivity index (χ1) is 16.3. The Balaban J connectivity index is 1.36. The average molecular weight is 559 g/mol. The van der Waals surface area contributed by atoms with Crippen molar-refractivity contribution in [2.45, 2.75) is 11.5 Å². The van der Waals surface area contributed by atoms with Gasteiger partial charge in [0.2, 0.25) is 15.0 Å². The van der Waals surface area contributed by atoms with E-state index in [1.54, 1.807) is 30.3 Å². The Morgan fingerprint density at radius 3 is 2.50 bits per heavy atom. The number of hydrogen-bond acceptors (Lipinski definition) is 8. The number of primary sulfonamides is 1. The molecule has 0 fully saturated rings. The third kappa shape index (κ3) is 4.66. The zero-order chi connectivity index (χ0) is 23.9. The van der Waals surface area contributed by atoms with E-state index in [4.69, 9.17) is 14.3 Å². The van der Waals surface area contributed by atoms with Crippen LogP contribution in [-0.2, 0) is 16.6 Å². The molecule has 0 aliphatic rings. The molecule has 34 heavy (non-hydrogen) atoms. The van der Waals surface area contributed by atoms with Gasteiger partial charge in [-0.15, -0.1) is 5.10 Å². The first-order valence-electron chi connectivity index (χ1n) is 9.78. The van der Waals surface area contributed by atoms with Crippen LogP contribution in [0.3, 0.4) is 0 Å². The Labute approximate surface area is 205 Å². The van der Waals surface area contributed by atoms with E-state index in [-0.39, 0.29) is 17.1 Å². The summed E-state index contributed by atoms with van der Waals surface area (Å²) in [5.74, 6) is 2.06. The van der Waals surface area contributed by atoms with Crippen LogP contribution >= 0.6 is 27.3 Å². The summed E-state index contributed by atoms with van der Waals surface area (Å²) in [4.78, 5) is 17.6. The van der Waals surface area contributed by atoms with Gasteiger partial charge in [0.15, 0.2) is 5.82 Å². The second-order valence-corrected chi connectivity index (χ2v) is 10.6. The summed E-state index contributed by atoms with van der Waals surface area (Å²) >= 11 is 4.56. The molecule has 0 amide bonds. The quantitative estimate of drug-likeness (QED) is 0.339. The first-order valence-corrected chi connectivity index (χ1v) is 12.9. The minimum Gasteiger partial charge on any atom is -0.486 e. The summed E-state index contributed by atoms with van der Waals surface area (Å²) < 4.78 is 36.9. The monoisotopic (exact) mass is 558 g/mol. The van der Waals surface area contributed by atoms with Crippen LogP contribution in [0, 0.1) is 0 Å². The molecular weight excluding hydrogens is 544 g/mol. The van der Waals surface area contributed by atoms with Crippen LogP contribution in [0.25, 0.3) is 22.4 Å². The molecule has 5 rings (SSSR count). The fourth-order valence-corrected chi connectivity index (χ4v) is 4.82. The van der Waals surface area contributed by atoms with E-state index in [2.05, 4.69) is 26.0 Å². The predicted molar refractivity (Wildman–Crippen MR) is 130 cm³/mol. The SMILES string of the molecule is NS(=O)(=O)c1ccc(-c2ccc(/C=c3\sc4nc(COc5ccc(Br)cc5)nn4c3=O)o2)cc1. The van der Waals surface area contributed by atoms with Gasteiger partial charge < -0.3 is 9.15 Å². The summed E-state index contributed by atoms with van der Waals surface area (Å²) in [5, 5.41) is 9.37. The molecule has 0 saturated heterocycles. The lowest BCUT2D eigenvalue weighted by atomic mass is 10.2. The van der Waals surface area contributed by atoms with Crippen LogP contribution in [0.1, 0.15) is 11.6 Å². The Bertz CT molecular complexity index is 1710. The van der Waals surface area contributed by atoms with Crippen LogP contribution in [0.2, 0.25) is 0 Å². The molecule has 0 spiro atoms. The van der Waals surface area contributed by atoms with Crippen molar-refractivity contribution in [3.8, 4) is 17.1 Å². The van der Waals surface area contributed by atoms with Crippen LogP contribution in [0.4, 0.5) is 0 Å². The average Bonchev–Trinajstić information content (AvgIpc) is 3.50. The van der Waals surface area contributed by atoms with Crippen molar-refractivity contribution in [3.05, 3.63) is 91.6 Å². The van der Waals surface area contributed by atoms with Gasteiger partial charge in [0, 0.05) is 16.1 Å². The van der Waals surface area contributed by atoms with Crippen molar-refractivity contribution >= 4 is 48.3 Å². The Kier molecular flexibility index (Phi) is 5.81. The molecule has 3 heterocycles. The highest BCUT2D eigenvalue weighted by Gasteiger charge is 2.13. The zero-order valence-corrected chi connectivity index (χ0v) is 20.4. The van der Waals surface area contributed by atoms with E-state index in [0.717, 1.165) is 4.47 Å². The second kappa shape index (κ2) is 8.80. The number of sulfonamides is 1. The van der Waals surface area contributed by atoms with E-state index in [9.17, 15) is 13.2 Å². The molecule has 0 radical (unpaired) electrons. The molecule has 12 heteroatoms. The lowest BCUT2D eigenvalue weighted by Gasteiger charge is -2.02. The number of nitrogens with zero attached hydrogens (tertiary/aromatic N) is 3. The standard InChI is InChI=1S/C22H15BrN4O5S2/c23-14-3-5-15(6-4-14)31-12-20-25-22-27(26-20)21(28)19(33-22)11-16-7-10-18(32-16)13-1-8-17(9-2-13)34(24,29)30/h1-11H,12H2,(H2,24,29,30)/b19-11-. The maximum atomic E-state index is 12.7. The summed E-state index contributed by atoms with van der Waals surface area (Å²) in [5.41, 5.74) is 0.366. The molecule has 0 saturated carbocycles. The molecule has 2 N–H and O–H groups in total. The van der Waals surface area contributed by atoms with Crippen molar-refractivity contribution in [2.75, 3.05) is 0 Å². The highest BCUT2D eigenvalue weighted by molar-refractivity contribution is 9.10. The molecule has 3 aromatic heterocycles. The molecule has 0 unspecified atom stereocenters. The van der Waals surface area contributed by atoms with Crippen molar-refractivity contribution in [2.24, 2.45) is 5.14 Å². The normalized spacial score (nSPS) is 12.5. The van der Waals surface area contributed by atoms with Crippen molar-refractivity contribution in [1.82, 2.24) is 14.6 Å². The summed E-state index contributed by atoms with van der Waals surface area (Å²) in [7, 11) is -3.77. The van der Waals surface area contributed by atoms with Gasteiger partial charge in [-0.2, -0.15) is 9.50 Å². The van der Waals surface area contributed by atoms with Crippen molar-refractivity contribution in [1.29, 1.82) is 0 Å². The lowest BCUT2D eigenvalue weighted by Crippen LogP contribution is -2.23. The summed E-state index contributed by atoms with van der Waals surface area (Å²) in [6.07, 6.45) is 1.61. The molecule has 172 valence electrons. The third-order valence-corrected chi connectivity index (χ3v) is 7.19. The van der Waals surface area contributed by atoms with Gasteiger partial charge in [0.05, 0.1) is 4.90 Å². The smallest absolute Gasteiger partial charge is 0.291 e. The molecule has 9 nitrogen and oxygen atoms in total. The van der Waals surface area contributed by atoms with Crippen LogP contribution in [0.5, 0.6) is 5.75 Å². The predicted octanol–water partition coefficient (Wildman–Crippen LogP) is 2.95. The van der Waals surface area contributed by atoms with E-state index < -0.39 is 10.0 Å². The Hall–Kier alpha value is -3.32. The third-order valence-electron chi connectivity index (χ3n) is 4.77. The fraction of sp³-hybridized carbons (Fsp3) is 0.0455. The van der Waals surface area contributed by atoms with Gasteiger partial charge in [-0.3, -0.25) is 4.79 Å². The molecule has 5 aromatic rings. The molecule has 0 aliphatic carbocycles. The Morgan fingerprint density at radius 2 is 1.82 bits per heavy atom. The minimum absolute atomic E-state index is 0.0154. The maximum absolute atomic E-state index is 12.7. The van der Waals surface area contributed by atoms with Crippen molar-refractivity contribution in [3.63, 3.8) is 0 Å². The molecule has 2 aromatic carbocycles.